The molecule has 1 aliphatic rings. The lowest BCUT2D eigenvalue weighted by atomic mass is 9.84. The molecule has 2 rings (SSSR count). The van der Waals surface area contributed by atoms with Crippen LogP contribution in [0.1, 0.15) is 24.8 Å². The number of nitrogens with one attached hydrogen (secondary N) is 1. The molecule has 21 heavy (non-hydrogen) atoms. The minimum atomic E-state index is -0.480. The first-order chi connectivity index (χ1) is 10.2. The number of benzene rings is 1. The summed E-state index contributed by atoms with van der Waals surface area (Å²) in [6.07, 6.45) is 5.57. The number of ether oxygens (including phenoxy) is 1. The molecular formula is C16H24ClNO2S. The zero-order valence-corrected chi connectivity index (χ0v) is 14.1. The highest BCUT2D eigenvalue weighted by molar-refractivity contribution is 8.00. The maximum Gasteiger partial charge on any atom is 0.0897 e. The highest BCUT2D eigenvalue weighted by Gasteiger charge is 2.35. The predicted molar refractivity (Wildman–Crippen MR) is 90.1 cm³/mol. The summed E-state index contributed by atoms with van der Waals surface area (Å²) in [6, 6.07) is 7.61. The zero-order chi connectivity index (χ0) is 15.1. The Morgan fingerprint density at radius 2 is 2.19 bits per heavy atom. The third kappa shape index (κ3) is 5.15. The van der Waals surface area contributed by atoms with E-state index in [-0.39, 0.29) is 0 Å². The van der Waals surface area contributed by atoms with E-state index in [0.29, 0.717) is 29.5 Å². The number of hydrogen-bond acceptors (Lipinski definition) is 4. The van der Waals surface area contributed by atoms with Gasteiger partial charge in [0.2, 0.25) is 0 Å². The van der Waals surface area contributed by atoms with Crippen LogP contribution in [0.2, 0.25) is 5.02 Å². The maximum absolute atomic E-state index is 9.93. The lowest BCUT2D eigenvalue weighted by Gasteiger charge is -2.40. The molecule has 5 heteroatoms. The Morgan fingerprint density at radius 1 is 1.43 bits per heavy atom. The van der Waals surface area contributed by atoms with E-state index >= 15 is 0 Å². The molecule has 1 fully saturated rings. The van der Waals surface area contributed by atoms with Crippen molar-refractivity contribution in [2.24, 2.45) is 0 Å². The molecule has 1 aromatic rings. The van der Waals surface area contributed by atoms with Crippen LogP contribution in [-0.2, 0) is 11.3 Å². The Kier molecular flexibility index (Phi) is 6.83. The van der Waals surface area contributed by atoms with Gasteiger partial charge >= 0.3 is 0 Å². The van der Waals surface area contributed by atoms with Crippen LogP contribution in [0.5, 0.6) is 0 Å². The van der Waals surface area contributed by atoms with Gasteiger partial charge in [-0.15, -0.1) is 0 Å². The van der Waals surface area contributed by atoms with Gasteiger partial charge in [-0.1, -0.05) is 36.2 Å². The Bertz CT molecular complexity index is 435. The van der Waals surface area contributed by atoms with Gasteiger partial charge in [-0.05, 0) is 30.7 Å². The minimum Gasteiger partial charge on any atom is -0.389 e. The second kappa shape index (κ2) is 8.39. The molecule has 0 aliphatic heterocycles. The number of aliphatic hydroxyl groups excluding tert-OH is 1. The monoisotopic (exact) mass is 329 g/mol. The Labute approximate surface area is 136 Å². The molecular weight excluding hydrogens is 306 g/mol. The number of thioether (sulfide) groups is 1. The van der Waals surface area contributed by atoms with Gasteiger partial charge < -0.3 is 15.2 Å². The van der Waals surface area contributed by atoms with Gasteiger partial charge in [0.05, 0.1) is 19.3 Å². The quantitative estimate of drug-likeness (QED) is 0.730. The van der Waals surface area contributed by atoms with Crippen LogP contribution in [0.25, 0.3) is 0 Å². The van der Waals surface area contributed by atoms with Gasteiger partial charge in [-0.25, -0.2) is 0 Å². The second-order valence-electron chi connectivity index (χ2n) is 5.63. The SMILES string of the molecule is CSC1(CNCC(O)COCc2ccccc2Cl)CCC1. The van der Waals surface area contributed by atoms with Crippen molar-refractivity contribution in [2.45, 2.75) is 36.7 Å². The molecule has 2 N–H and O–H groups in total. The van der Waals surface area contributed by atoms with Crippen molar-refractivity contribution < 1.29 is 9.84 Å². The Hall–Kier alpha value is -0.260. The molecule has 0 radical (unpaired) electrons. The average Bonchev–Trinajstić information content (AvgIpc) is 2.44. The van der Waals surface area contributed by atoms with Crippen LogP contribution >= 0.6 is 23.4 Å². The first-order valence-corrected chi connectivity index (χ1v) is 9.00. The van der Waals surface area contributed by atoms with Gasteiger partial charge in [0, 0.05) is 22.9 Å². The summed E-state index contributed by atoms with van der Waals surface area (Å²) in [5.74, 6) is 0. The van der Waals surface area contributed by atoms with Crippen molar-refractivity contribution in [2.75, 3.05) is 26.0 Å². The standard InChI is InChI=1S/C16H24ClNO2S/c1-21-16(7-4-8-16)12-18-9-14(19)11-20-10-13-5-2-3-6-15(13)17/h2-3,5-6,14,18-19H,4,7-12H2,1H3. The highest BCUT2D eigenvalue weighted by Crippen LogP contribution is 2.42. The third-order valence-electron chi connectivity index (χ3n) is 4.05. The predicted octanol–water partition coefficient (Wildman–Crippen LogP) is 3.09. The fourth-order valence-corrected chi connectivity index (χ4v) is 3.60. The van der Waals surface area contributed by atoms with Crippen molar-refractivity contribution in [3.05, 3.63) is 34.9 Å². The topological polar surface area (TPSA) is 41.5 Å². The summed E-state index contributed by atoms with van der Waals surface area (Å²) in [7, 11) is 0. The molecule has 3 nitrogen and oxygen atoms in total. The number of rotatable bonds is 9. The highest BCUT2D eigenvalue weighted by atomic mass is 35.5. The Balaban J connectivity index is 1.59. The fraction of sp³-hybridized carbons (Fsp3) is 0.625. The lowest BCUT2D eigenvalue weighted by molar-refractivity contribution is 0.0284. The molecule has 1 atom stereocenters. The third-order valence-corrected chi connectivity index (χ3v) is 5.84. The van der Waals surface area contributed by atoms with Crippen molar-refractivity contribution in [3.8, 4) is 0 Å². The summed E-state index contributed by atoms with van der Waals surface area (Å²) >= 11 is 7.99. The summed E-state index contributed by atoms with van der Waals surface area (Å²) in [4.78, 5) is 0. The van der Waals surface area contributed by atoms with Gasteiger partial charge in [-0.2, -0.15) is 11.8 Å². The molecule has 1 aromatic carbocycles. The average molecular weight is 330 g/mol. The van der Waals surface area contributed by atoms with Crippen LogP contribution in [0.3, 0.4) is 0 Å². The normalized spacial score (nSPS) is 18.2. The number of hydrogen-bond donors (Lipinski definition) is 2. The van der Waals surface area contributed by atoms with E-state index in [9.17, 15) is 5.11 Å². The van der Waals surface area contributed by atoms with Gasteiger partial charge in [0.1, 0.15) is 0 Å². The van der Waals surface area contributed by atoms with Crippen LogP contribution in [0.15, 0.2) is 24.3 Å². The van der Waals surface area contributed by atoms with E-state index in [4.69, 9.17) is 16.3 Å². The van der Waals surface area contributed by atoms with Crippen molar-refractivity contribution in [3.63, 3.8) is 0 Å². The van der Waals surface area contributed by atoms with E-state index in [1.54, 1.807) is 0 Å². The van der Waals surface area contributed by atoms with Gasteiger partial charge in [0.25, 0.3) is 0 Å². The minimum absolute atomic E-state index is 0.324. The van der Waals surface area contributed by atoms with E-state index < -0.39 is 6.10 Å². The van der Waals surface area contributed by atoms with Crippen LogP contribution in [0, 0.1) is 0 Å². The summed E-state index contributed by atoms with van der Waals surface area (Å²) in [5, 5.41) is 14.0. The molecule has 0 heterocycles. The van der Waals surface area contributed by atoms with Crippen molar-refractivity contribution in [1.82, 2.24) is 5.32 Å². The molecule has 0 aromatic heterocycles. The number of aliphatic hydroxyl groups is 1. The molecule has 1 unspecified atom stereocenters. The van der Waals surface area contributed by atoms with E-state index in [1.807, 2.05) is 36.0 Å². The zero-order valence-electron chi connectivity index (χ0n) is 12.5. The first kappa shape index (κ1) is 17.1. The van der Waals surface area contributed by atoms with Gasteiger partial charge in [-0.3, -0.25) is 0 Å². The van der Waals surface area contributed by atoms with Crippen LogP contribution in [0.4, 0.5) is 0 Å². The van der Waals surface area contributed by atoms with E-state index in [1.165, 1.54) is 19.3 Å². The van der Waals surface area contributed by atoms with Crippen molar-refractivity contribution in [1.29, 1.82) is 0 Å². The largest absolute Gasteiger partial charge is 0.389 e. The summed E-state index contributed by atoms with van der Waals surface area (Å²) < 4.78 is 5.93. The van der Waals surface area contributed by atoms with Gasteiger partial charge in [0.15, 0.2) is 0 Å². The molecule has 0 amide bonds. The molecule has 118 valence electrons. The maximum atomic E-state index is 9.93. The first-order valence-electron chi connectivity index (χ1n) is 7.40. The molecule has 1 aliphatic carbocycles. The van der Waals surface area contributed by atoms with E-state index in [2.05, 4.69) is 11.6 Å². The second-order valence-corrected chi connectivity index (χ2v) is 7.31. The van der Waals surface area contributed by atoms with Crippen molar-refractivity contribution >= 4 is 23.4 Å². The molecule has 1 saturated carbocycles. The lowest BCUT2D eigenvalue weighted by Crippen LogP contribution is -2.45. The summed E-state index contributed by atoms with van der Waals surface area (Å²) in [6.45, 7) is 2.30. The fourth-order valence-electron chi connectivity index (χ4n) is 2.47. The Morgan fingerprint density at radius 3 is 2.81 bits per heavy atom. The molecule has 0 bridgehead atoms. The summed E-state index contributed by atoms with van der Waals surface area (Å²) in [5.41, 5.74) is 0.954. The van der Waals surface area contributed by atoms with Crippen LogP contribution < -0.4 is 5.32 Å². The molecule has 0 saturated heterocycles. The smallest absolute Gasteiger partial charge is 0.0897 e. The number of halogens is 1. The van der Waals surface area contributed by atoms with E-state index in [0.717, 1.165) is 12.1 Å². The molecule has 0 spiro atoms. The van der Waals surface area contributed by atoms with Crippen LogP contribution in [-0.4, -0.2) is 41.9 Å².